The van der Waals surface area contributed by atoms with Crippen molar-refractivity contribution in [3.63, 3.8) is 0 Å². The minimum atomic E-state index is -1.26. The number of halogens is 6. The molecule has 2 amide bonds. The quantitative estimate of drug-likeness (QED) is 0.238. The topological polar surface area (TPSA) is 58.2 Å². The van der Waals surface area contributed by atoms with E-state index in [1.54, 1.807) is 0 Å². The van der Waals surface area contributed by atoms with Gasteiger partial charge in [0.25, 0.3) is 5.91 Å². The van der Waals surface area contributed by atoms with Crippen LogP contribution in [0.5, 0.6) is 0 Å². The Balaban J connectivity index is 1.50. The molecule has 1 fully saturated rings. The number of benzene rings is 3. The lowest BCUT2D eigenvalue weighted by Gasteiger charge is -2.11. The Hall–Kier alpha value is -1.94. The fraction of sp³-hybridized carbons (Fsp3) is 0.130. The molecule has 0 saturated heterocycles. The Morgan fingerprint density at radius 3 is 2.30 bits per heavy atom. The van der Waals surface area contributed by atoms with Crippen LogP contribution in [0.3, 0.4) is 0 Å². The third-order valence-electron chi connectivity index (χ3n) is 5.22. The highest BCUT2D eigenvalue weighted by molar-refractivity contribution is 14.1. The lowest BCUT2D eigenvalue weighted by atomic mass is 10.1. The molecule has 33 heavy (non-hydrogen) atoms. The van der Waals surface area contributed by atoms with Gasteiger partial charge in [0.05, 0.1) is 22.2 Å². The average molecular weight is 622 g/mol. The lowest BCUT2D eigenvalue weighted by Crippen LogP contribution is -2.18. The van der Waals surface area contributed by atoms with Crippen molar-refractivity contribution in [3.05, 3.63) is 92.0 Å². The van der Waals surface area contributed by atoms with E-state index in [2.05, 4.69) is 33.2 Å². The second-order valence-corrected chi connectivity index (χ2v) is 10.5. The van der Waals surface area contributed by atoms with E-state index in [1.165, 1.54) is 18.2 Å². The molecule has 1 saturated carbocycles. The van der Waals surface area contributed by atoms with Gasteiger partial charge in [-0.25, -0.2) is 8.78 Å². The van der Waals surface area contributed by atoms with E-state index in [-0.39, 0.29) is 27.9 Å². The van der Waals surface area contributed by atoms with Crippen molar-refractivity contribution < 1.29 is 18.4 Å². The first-order chi connectivity index (χ1) is 15.6. The van der Waals surface area contributed by atoms with E-state index < -0.39 is 33.7 Å². The molecule has 0 bridgehead atoms. The highest BCUT2D eigenvalue weighted by atomic mass is 127. The van der Waals surface area contributed by atoms with Gasteiger partial charge in [-0.15, -0.1) is 23.2 Å². The highest BCUT2D eigenvalue weighted by Crippen LogP contribution is 2.65. The van der Waals surface area contributed by atoms with E-state index in [9.17, 15) is 18.4 Å². The van der Waals surface area contributed by atoms with E-state index in [0.717, 1.165) is 21.3 Å². The van der Waals surface area contributed by atoms with Gasteiger partial charge in [0, 0.05) is 21.2 Å². The second-order valence-electron chi connectivity index (χ2n) is 7.44. The summed E-state index contributed by atoms with van der Waals surface area (Å²) in [6, 6.07) is 14.6. The summed E-state index contributed by atoms with van der Waals surface area (Å²) in [5, 5.41) is 5.12. The number of anilines is 2. The van der Waals surface area contributed by atoms with Gasteiger partial charge in [-0.1, -0.05) is 23.7 Å². The predicted octanol–water partition coefficient (Wildman–Crippen LogP) is 7.00. The monoisotopic (exact) mass is 620 g/mol. The summed E-state index contributed by atoms with van der Waals surface area (Å²) in [7, 11) is 0. The normalized spacial score (nSPS) is 18.5. The standard InChI is InChI=1S/C23H14Cl3F2IN2O2/c24-16-7-6-14(10-15(16)21(32)31-18-8-3-12(27)9-17(18)28)30-22(33)20-19(23(20,25)26)11-1-4-13(29)5-2-11/h1-10,19-20H,(H,30,33)(H,31,32). The van der Waals surface area contributed by atoms with Crippen LogP contribution in [0.15, 0.2) is 60.7 Å². The number of alkyl halides is 2. The zero-order chi connectivity index (χ0) is 23.9. The Morgan fingerprint density at radius 2 is 1.64 bits per heavy atom. The zero-order valence-corrected chi connectivity index (χ0v) is 20.9. The molecule has 10 heteroatoms. The second kappa shape index (κ2) is 9.37. The molecule has 0 aromatic heterocycles. The lowest BCUT2D eigenvalue weighted by molar-refractivity contribution is -0.117. The smallest absolute Gasteiger partial charge is 0.257 e. The first-order valence-electron chi connectivity index (χ1n) is 9.58. The molecule has 170 valence electrons. The summed E-state index contributed by atoms with van der Waals surface area (Å²) in [6.07, 6.45) is 0. The van der Waals surface area contributed by atoms with Crippen molar-refractivity contribution in [1.82, 2.24) is 0 Å². The van der Waals surface area contributed by atoms with Gasteiger partial charge in [-0.3, -0.25) is 9.59 Å². The van der Waals surface area contributed by atoms with Gasteiger partial charge in [0.15, 0.2) is 0 Å². The molecule has 0 radical (unpaired) electrons. The molecule has 1 aliphatic rings. The molecular weight excluding hydrogens is 608 g/mol. The number of amides is 2. The van der Waals surface area contributed by atoms with Crippen LogP contribution in [-0.4, -0.2) is 16.1 Å². The zero-order valence-electron chi connectivity index (χ0n) is 16.5. The van der Waals surface area contributed by atoms with Crippen molar-refractivity contribution in [3.8, 4) is 0 Å². The Morgan fingerprint density at radius 1 is 0.939 bits per heavy atom. The van der Waals surface area contributed by atoms with Crippen LogP contribution in [0.25, 0.3) is 0 Å². The third-order valence-corrected chi connectivity index (χ3v) is 7.21. The molecule has 4 nitrogen and oxygen atoms in total. The van der Waals surface area contributed by atoms with Crippen LogP contribution in [-0.2, 0) is 4.79 Å². The minimum absolute atomic E-state index is 0.00816. The van der Waals surface area contributed by atoms with Crippen molar-refractivity contribution in [2.75, 3.05) is 10.6 Å². The maximum absolute atomic E-state index is 13.9. The Kier molecular flexibility index (Phi) is 6.87. The van der Waals surface area contributed by atoms with Crippen molar-refractivity contribution in [2.45, 2.75) is 10.3 Å². The molecule has 4 rings (SSSR count). The van der Waals surface area contributed by atoms with Gasteiger partial charge in [0.1, 0.15) is 16.0 Å². The molecule has 0 aliphatic heterocycles. The number of nitrogens with one attached hydrogen (secondary N) is 2. The van der Waals surface area contributed by atoms with Crippen molar-refractivity contribution >= 4 is 80.6 Å². The number of carbonyl (C=O) groups is 2. The number of rotatable bonds is 5. The third kappa shape index (κ3) is 5.11. The molecular formula is C23H14Cl3F2IN2O2. The fourth-order valence-electron chi connectivity index (χ4n) is 3.52. The highest BCUT2D eigenvalue weighted by Gasteiger charge is 2.67. The first-order valence-corrected chi connectivity index (χ1v) is 11.8. The van der Waals surface area contributed by atoms with Crippen molar-refractivity contribution in [2.24, 2.45) is 5.92 Å². The summed E-state index contributed by atoms with van der Waals surface area (Å²) in [4.78, 5) is 25.5. The summed E-state index contributed by atoms with van der Waals surface area (Å²) in [5.41, 5.74) is 0.912. The summed E-state index contributed by atoms with van der Waals surface area (Å²) >= 11 is 21.1. The summed E-state index contributed by atoms with van der Waals surface area (Å²) in [6.45, 7) is 0. The van der Waals surface area contributed by atoms with Crippen LogP contribution < -0.4 is 10.6 Å². The van der Waals surface area contributed by atoms with Gasteiger partial charge < -0.3 is 10.6 Å². The van der Waals surface area contributed by atoms with Crippen LogP contribution in [0.1, 0.15) is 21.8 Å². The number of hydrogen-bond acceptors (Lipinski definition) is 2. The predicted molar refractivity (Wildman–Crippen MR) is 134 cm³/mol. The van der Waals surface area contributed by atoms with E-state index >= 15 is 0 Å². The fourth-order valence-corrected chi connectivity index (χ4v) is 4.91. The van der Waals surface area contributed by atoms with Crippen LogP contribution in [0.2, 0.25) is 5.02 Å². The molecule has 0 spiro atoms. The van der Waals surface area contributed by atoms with Crippen molar-refractivity contribution in [1.29, 1.82) is 0 Å². The first kappa shape index (κ1) is 24.2. The van der Waals surface area contributed by atoms with E-state index in [0.29, 0.717) is 6.07 Å². The van der Waals surface area contributed by atoms with Gasteiger partial charge >= 0.3 is 0 Å². The Labute approximate surface area is 216 Å². The molecule has 2 N–H and O–H groups in total. The average Bonchev–Trinajstić information content (AvgIpc) is 3.34. The van der Waals surface area contributed by atoms with E-state index in [4.69, 9.17) is 34.8 Å². The molecule has 2 unspecified atom stereocenters. The summed E-state index contributed by atoms with van der Waals surface area (Å²) in [5.74, 6) is -3.92. The van der Waals surface area contributed by atoms with E-state index in [1.807, 2.05) is 24.3 Å². The van der Waals surface area contributed by atoms with Crippen LogP contribution >= 0.6 is 57.4 Å². The van der Waals surface area contributed by atoms with Crippen LogP contribution in [0, 0.1) is 21.1 Å². The maximum Gasteiger partial charge on any atom is 0.257 e. The Bertz CT molecular complexity index is 1250. The van der Waals surface area contributed by atoms with Crippen LogP contribution in [0.4, 0.5) is 20.2 Å². The molecule has 2 atom stereocenters. The molecule has 3 aromatic carbocycles. The largest absolute Gasteiger partial charge is 0.326 e. The molecule has 1 aliphatic carbocycles. The molecule has 3 aromatic rings. The molecule has 0 heterocycles. The number of carbonyl (C=O) groups excluding carboxylic acids is 2. The van der Waals surface area contributed by atoms with Gasteiger partial charge in [0.2, 0.25) is 5.91 Å². The summed E-state index contributed by atoms with van der Waals surface area (Å²) < 4.78 is 26.7. The maximum atomic E-state index is 13.9. The minimum Gasteiger partial charge on any atom is -0.326 e. The SMILES string of the molecule is O=C(Nc1ccc(F)cc1F)c1cc(NC(=O)C2C(c3ccc(I)cc3)C2(Cl)Cl)ccc1Cl. The van der Waals surface area contributed by atoms with Gasteiger partial charge in [-0.2, -0.15) is 0 Å². The van der Waals surface area contributed by atoms with Gasteiger partial charge in [-0.05, 0) is 70.6 Å². The number of hydrogen-bond donors (Lipinski definition) is 2.